The molecule has 1 N–H and O–H groups in total. The molecule has 1 aliphatic heterocycles. The first-order valence-electron chi connectivity index (χ1n) is 8.71. The Kier molecular flexibility index (Phi) is 5.98. The monoisotopic (exact) mass is 387 g/mol. The van der Waals surface area contributed by atoms with Crippen LogP contribution in [0.1, 0.15) is 20.7 Å². The van der Waals surface area contributed by atoms with Gasteiger partial charge in [-0.15, -0.1) is 0 Å². The van der Waals surface area contributed by atoms with Gasteiger partial charge in [-0.2, -0.15) is 0 Å². The zero-order valence-electron chi connectivity index (χ0n) is 15.4. The van der Waals surface area contributed by atoms with Gasteiger partial charge in [0.1, 0.15) is 0 Å². The van der Waals surface area contributed by atoms with Crippen molar-refractivity contribution in [2.24, 2.45) is 0 Å². The van der Waals surface area contributed by atoms with Gasteiger partial charge in [-0.3, -0.25) is 9.59 Å². The maximum atomic E-state index is 12.5. The summed E-state index contributed by atoms with van der Waals surface area (Å²) in [5.74, 6) is -0.414. The molecule has 1 fully saturated rings. The lowest BCUT2D eigenvalue weighted by Crippen LogP contribution is -2.36. The van der Waals surface area contributed by atoms with E-state index in [4.69, 9.17) is 16.3 Å². The zero-order chi connectivity index (χ0) is 19.4. The molecule has 6 nitrogen and oxygen atoms in total. The van der Waals surface area contributed by atoms with E-state index in [-0.39, 0.29) is 11.8 Å². The van der Waals surface area contributed by atoms with Crippen LogP contribution in [0.3, 0.4) is 0 Å². The molecule has 2 amide bonds. The van der Waals surface area contributed by atoms with E-state index < -0.39 is 0 Å². The van der Waals surface area contributed by atoms with E-state index in [0.29, 0.717) is 21.8 Å². The Hall–Kier alpha value is -2.57. The molecular weight excluding hydrogens is 366 g/mol. The summed E-state index contributed by atoms with van der Waals surface area (Å²) in [6.07, 6.45) is 0. The molecule has 0 aromatic heterocycles. The van der Waals surface area contributed by atoms with Gasteiger partial charge in [0, 0.05) is 44.1 Å². The first-order chi connectivity index (χ1) is 13.0. The van der Waals surface area contributed by atoms with E-state index in [9.17, 15) is 9.59 Å². The van der Waals surface area contributed by atoms with Crippen molar-refractivity contribution in [3.8, 4) is 0 Å². The number of nitrogens with one attached hydrogen (secondary N) is 1. The van der Waals surface area contributed by atoms with Gasteiger partial charge in [0.2, 0.25) is 0 Å². The number of carbonyl (C=O) groups is 2. The van der Waals surface area contributed by atoms with Crippen LogP contribution in [0.15, 0.2) is 42.5 Å². The summed E-state index contributed by atoms with van der Waals surface area (Å²) in [6.45, 7) is 3.13. The quantitative estimate of drug-likeness (QED) is 0.875. The van der Waals surface area contributed by atoms with Crippen LogP contribution < -0.4 is 10.2 Å². The predicted molar refractivity (Wildman–Crippen MR) is 107 cm³/mol. The van der Waals surface area contributed by atoms with Crippen LogP contribution in [0.5, 0.6) is 0 Å². The molecule has 1 aliphatic rings. The van der Waals surface area contributed by atoms with Crippen LogP contribution in [-0.2, 0) is 4.74 Å². The molecule has 1 heterocycles. The first-order valence-corrected chi connectivity index (χ1v) is 9.09. The summed E-state index contributed by atoms with van der Waals surface area (Å²) in [4.78, 5) is 28.2. The molecule has 0 spiro atoms. The van der Waals surface area contributed by atoms with Crippen LogP contribution in [0.25, 0.3) is 0 Å². The second-order valence-electron chi connectivity index (χ2n) is 6.49. The molecule has 7 heteroatoms. The van der Waals surface area contributed by atoms with Crippen molar-refractivity contribution in [1.82, 2.24) is 4.90 Å². The van der Waals surface area contributed by atoms with Gasteiger partial charge in [0.25, 0.3) is 11.8 Å². The second kappa shape index (κ2) is 8.41. The van der Waals surface area contributed by atoms with Gasteiger partial charge in [-0.25, -0.2) is 0 Å². The van der Waals surface area contributed by atoms with Crippen molar-refractivity contribution in [1.29, 1.82) is 0 Å². The summed E-state index contributed by atoms with van der Waals surface area (Å²) < 4.78 is 5.36. The average Bonchev–Trinajstić information content (AvgIpc) is 2.68. The van der Waals surface area contributed by atoms with Crippen molar-refractivity contribution >= 4 is 34.8 Å². The molecule has 0 saturated carbocycles. The third-order valence-electron chi connectivity index (χ3n) is 4.37. The number of anilines is 2. The van der Waals surface area contributed by atoms with E-state index in [2.05, 4.69) is 10.2 Å². The van der Waals surface area contributed by atoms with E-state index in [1.165, 1.54) is 4.90 Å². The van der Waals surface area contributed by atoms with E-state index in [1.807, 2.05) is 12.1 Å². The Labute approximate surface area is 163 Å². The Morgan fingerprint density at radius 1 is 1.07 bits per heavy atom. The van der Waals surface area contributed by atoms with E-state index in [1.54, 1.807) is 44.4 Å². The SMILES string of the molecule is CN(C)C(=O)c1ccc(NC(=O)c2ccc(N3CCOCC3)cc2)cc1Cl. The summed E-state index contributed by atoms with van der Waals surface area (Å²) >= 11 is 6.19. The maximum Gasteiger partial charge on any atom is 0.255 e. The largest absolute Gasteiger partial charge is 0.378 e. The van der Waals surface area contributed by atoms with Crippen molar-refractivity contribution in [3.63, 3.8) is 0 Å². The topological polar surface area (TPSA) is 61.9 Å². The van der Waals surface area contributed by atoms with Gasteiger partial charge in [0.05, 0.1) is 23.8 Å². The highest BCUT2D eigenvalue weighted by molar-refractivity contribution is 6.34. The van der Waals surface area contributed by atoms with Gasteiger partial charge < -0.3 is 19.9 Å². The van der Waals surface area contributed by atoms with Crippen molar-refractivity contribution in [2.75, 3.05) is 50.6 Å². The molecule has 3 rings (SSSR count). The lowest BCUT2D eigenvalue weighted by molar-refractivity contribution is 0.0827. The fourth-order valence-corrected chi connectivity index (χ4v) is 3.12. The molecule has 0 aliphatic carbocycles. The minimum atomic E-state index is -0.230. The van der Waals surface area contributed by atoms with Crippen LogP contribution in [0, 0.1) is 0 Å². The standard InChI is InChI=1S/C20H22ClN3O3/c1-23(2)20(26)17-8-5-15(13-18(17)21)22-19(25)14-3-6-16(7-4-14)24-9-11-27-12-10-24/h3-8,13H,9-12H2,1-2H3,(H,22,25). The van der Waals surface area contributed by atoms with Crippen LogP contribution >= 0.6 is 11.6 Å². The number of rotatable bonds is 4. The number of morpholine rings is 1. The lowest BCUT2D eigenvalue weighted by atomic mass is 10.1. The Morgan fingerprint density at radius 3 is 2.33 bits per heavy atom. The smallest absolute Gasteiger partial charge is 0.255 e. The number of amides is 2. The number of nitrogens with zero attached hydrogens (tertiary/aromatic N) is 2. The van der Waals surface area contributed by atoms with Crippen LogP contribution in [0.4, 0.5) is 11.4 Å². The highest BCUT2D eigenvalue weighted by Gasteiger charge is 2.15. The molecule has 1 saturated heterocycles. The van der Waals surface area contributed by atoms with Crippen molar-refractivity contribution < 1.29 is 14.3 Å². The van der Waals surface area contributed by atoms with Gasteiger partial charge >= 0.3 is 0 Å². The average molecular weight is 388 g/mol. The molecule has 0 radical (unpaired) electrons. The number of ether oxygens (including phenoxy) is 1. The number of hydrogen-bond donors (Lipinski definition) is 1. The molecule has 2 aromatic carbocycles. The fourth-order valence-electron chi connectivity index (χ4n) is 2.86. The first kappa shape index (κ1) is 19.2. The van der Waals surface area contributed by atoms with E-state index in [0.717, 1.165) is 32.0 Å². The van der Waals surface area contributed by atoms with Crippen molar-refractivity contribution in [3.05, 3.63) is 58.6 Å². The third-order valence-corrected chi connectivity index (χ3v) is 4.68. The van der Waals surface area contributed by atoms with Crippen LogP contribution in [-0.4, -0.2) is 57.1 Å². The van der Waals surface area contributed by atoms with Gasteiger partial charge in [0.15, 0.2) is 0 Å². The molecule has 142 valence electrons. The highest BCUT2D eigenvalue weighted by atomic mass is 35.5. The number of carbonyl (C=O) groups excluding carboxylic acids is 2. The Bertz CT molecular complexity index is 831. The Balaban J connectivity index is 1.68. The van der Waals surface area contributed by atoms with Gasteiger partial charge in [-0.05, 0) is 42.5 Å². The summed E-state index contributed by atoms with van der Waals surface area (Å²) in [7, 11) is 3.32. The van der Waals surface area contributed by atoms with E-state index >= 15 is 0 Å². The fraction of sp³-hybridized carbons (Fsp3) is 0.300. The lowest BCUT2D eigenvalue weighted by Gasteiger charge is -2.28. The predicted octanol–water partition coefficient (Wildman–Crippen LogP) is 3.13. The van der Waals surface area contributed by atoms with Crippen molar-refractivity contribution in [2.45, 2.75) is 0 Å². The number of benzene rings is 2. The normalized spacial score (nSPS) is 14.0. The Morgan fingerprint density at radius 2 is 1.74 bits per heavy atom. The maximum absolute atomic E-state index is 12.5. The summed E-state index contributed by atoms with van der Waals surface area (Å²) in [5.41, 5.74) is 2.56. The second-order valence-corrected chi connectivity index (χ2v) is 6.90. The molecule has 27 heavy (non-hydrogen) atoms. The molecule has 0 unspecified atom stereocenters. The summed E-state index contributed by atoms with van der Waals surface area (Å²) in [5, 5.41) is 3.11. The molecule has 2 aromatic rings. The molecular formula is C20H22ClN3O3. The zero-order valence-corrected chi connectivity index (χ0v) is 16.1. The highest BCUT2D eigenvalue weighted by Crippen LogP contribution is 2.23. The number of halogens is 1. The number of hydrogen-bond acceptors (Lipinski definition) is 4. The van der Waals surface area contributed by atoms with Gasteiger partial charge in [-0.1, -0.05) is 11.6 Å². The molecule has 0 atom stereocenters. The summed E-state index contributed by atoms with van der Waals surface area (Å²) in [6, 6.07) is 12.3. The minimum absolute atomic E-state index is 0.184. The van der Waals surface area contributed by atoms with Crippen LogP contribution in [0.2, 0.25) is 5.02 Å². The minimum Gasteiger partial charge on any atom is -0.378 e. The molecule has 0 bridgehead atoms. The third kappa shape index (κ3) is 4.59.